The fourth-order valence-corrected chi connectivity index (χ4v) is 0. The standard InChI is InChI=1S/C6H14.C6H12.C3H6O.3CH4/c2*1-5(2)6(3)4;1-3(2)4;;;/h5-6H,1-4H3;1-4H3;1-2H3;3*1H4. The van der Waals surface area contributed by atoms with Crippen molar-refractivity contribution in [2.24, 2.45) is 11.8 Å². The van der Waals surface area contributed by atoms with Crippen LogP contribution in [-0.4, -0.2) is 5.78 Å². The molecule has 1 heteroatoms. The molecule has 0 saturated carbocycles. The Bertz CT molecular complexity index is 170. The van der Waals surface area contributed by atoms with E-state index in [2.05, 4.69) is 55.4 Å². The smallest absolute Gasteiger partial charge is 0.126 e. The summed E-state index contributed by atoms with van der Waals surface area (Å²) < 4.78 is 0. The second-order valence-electron chi connectivity index (χ2n) is 5.40. The van der Waals surface area contributed by atoms with E-state index in [-0.39, 0.29) is 28.1 Å². The normalized spacial score (nSPS) is 7.37. The van der Waals surface area contributed by atoms with Crippen LogP contribution in [0.5, 0.6) is 0 Å². The maximum atomic E-state index is 9.44. The first-order chi connectivity index (χ1) is 7.02. The number of rotatable bonds is 1. The predicted molar refractivity (Wildman–Crippen MR) is 95.9 cm³/mol. The van der Waals surface area contributed by atoms with Crippen molar-refractivity contribution in [3.05, 3.63) is 11.1 Å². The molecule has 0 unspecified atom stereocenters. The largest absolute Gasteiger partial charge is 0.300 e. The van der Waals surface area contributed by atoms with Gasteiger partial charge in [0.25, 0.3) is 0 Å². The zero-order valence-electron chi connectivity index (χ0n) is 13.1. The van der Waals surface area contributed by atoms with E-state index in [0.29, 0.717) is 0 Å². The van der Waals surface area contributed by atoms with Gasteiger partial charge in [0.1, 0.15) is 5.78 Å². The highest BCUT2D eigenvalue weighted by atomic mass is 16.1. The Morgan fingerprint density at radius 3 is 0.684 bits per heavy atom. The maximum absolute atomic E-state index is 9.44. The van der Waals surface area contributed by atoms with Gasteiger partial charge in [-0.15, -0.1) is 0 Å². The summed E-state index contributed by atoms with van der Waals surface area (Å²) in [5.41, 5.74) is 2.85. The average molecular weight is 277 g/mol. The molecule has 0 amide bonds. The van der Waals surface area contributed by atoms with Crippen molar-refractivity contribution >= 4 is 5.78 Å². The Balaban J connectivity index is -0.0000000315. The molecule has 0 radical (unpaired) electrons. The second kappa shape index (κ2) is 22.6. The van der Waals surface area contributed by atoms with Crippen molar-refractivity contribution in [3.63, 3.8) is 0 Å². The molecule has 0 fully saturated rings. The summed E-state index contributed by atoms with van der Waals surface area (Å²) in [5.74, 6) is 1.87. The Labute approximate surface area is 125 Å². The zero-order valence-corrected chi connectivity index (χ0v) is 13.1. The molecular formula is C18H44O. The molecule has 0 aromatic carbocycles. The molecule has 0 aliphatic rings. The van der Waals surface area contributed by atoms with Gasteiger partial charge in [0.15, 0.2) is 0 Å². The van der Waals surface area contributed by atoms with Gasteiger partial charge in [-0.05, 0) is 53.4 Å². The molecular weight excluding hydrogens is 232 g/mol. The van der Waals surface area contributed by atoms with Crippen LogP contribution in [-0.2, 0) is 4.79 Å². The van der Waals surface area contributed by atoms with Gasteiger partial charge in [-0.1, -0.05) is 61.1 Å². The van der Waals surface area contributed by atoms with E-state index in [1.54, 1.807) is 0 Å². The van der Waals surface area contributed by atoms with Crippen molar-refractivity contribution in [2.45, 2.75) is 91.5 Å². The number of allylic oxidation sites excluding steroid dienone is 2. The molecule has 0 N–H and O–H groups in total. The van der Waals surface area contributed by atoms with Crippen LogP contribution >= 0.6 is 0 Å². The number of hydrogen-bond donors (Lipinski definition) is 0. The molecule has 0 atom stereocenters. The quantitative estimate of drug-likeness (QED) is 0.464. The third-order valence-electron chi connectivity index (χ3n) is 2.33. The Morgan fingerprint density at radius 2 is 0.684 bits per heavy atom. The topological polar surface area (TPSA) is 17.1 Å². The second-order valence-corrected chi connectivity index (χ2v) is 5.40. The summed E-state index contributed by atoms with van der Waals surface area (Å²) in [6, 6.07) is 0. The fraction of sp³-hybridized carbons (Fsp3) is 0.833. The number of carbonyl (C=O) groups excluding carboxylic acids is 1. The van der Waals surface area contributed by atoms with Crippen molar-refractivity contribution in [3.8, 4) is 0 Å². The lowest BCUT2D eigenvalue weighted by Gasteiger charge is -2.05. The van der Waals surface area contributed by atoms with E-state index < -0.39 is 0 Å². The van der Waals surface area contributed by atoms with Crippen LogP contribution < -0.4 is 0 Å². The highest BCUT2D eigenvalue weighted by molar-refractivity contribution is 5.72. The lowest BCUT2D eigenvalue weighted by atomic mass is 10.0. The van der Waals surface area contributed by atoms with E-state index in [9.17, 15) is 4.79 Å². The first-order valence-electron chi connectivity index (χ1n) is 6.10. The van der Waals surface area contributed by atoms with Crippen LogP contribution in [0.25, 0.3) is 0 Å². The minimum Gasteiger partial charge on any atom is -0.300 e. The van der Waals surface area contributed by atoms with Crippen LogP contribution in [0.1, 0.15) is 91.5 Å². The number of Topliss-reactive ketones (excluding diaryl/α,β-unsaturated/α-hetero) is 1. The summed E-state index contributed by atoms with van der Waals surface area (Å²) in [5, 5.41) is 0. The predicted octanol–water partition coefficient (Wildman–Crippen LogP) is 7.16. The molecule has 122 valence electrons. The van der Waals surface area contributed by atoms with Crippen molar-refractivity contribution < 1.29 is 4.79 Å². The summed E-state index contributed by atoms with van der Waals surface area (Å²) in [4.78, 5) is 9.44. The van der Waals surface area contributed by atoms with Crippen molar-refractivity contribution in [1.82, 2.24) is 0 Å². The average Bonchev–Trinajstić information content (AvgIpc) is 2.03. The highest BCUT2D eigenvalue weighted by Gasteiger charge is 1.95. The van der Waals surface area contributed by atoms with Gasteiger partial charge >= 0.3 is 0 Å². The Hall–Kier alpha value is -0.590. The van der Waals surface area contributed by atoms with E-state index >= 15 is 0 Å². The molecule has 0 aliphatic carbocycles. The molecule has 0 aromatic heterocycles. The lowest BCUT2D eigenvalue weighted by molar-refractivity contribution is -0.114. The molecule has 0 bridgehead atoms. The minimum atomic E-state index is 0. The number of ketones is 1. The molecule has 0 spiro atoms. The first-order valence-corrected chi connectivity index (χ1v) is 6.10. The highest BCUT2D eigenvalue weighted by Crippen LogP contribution is 2.05. The van der Waals surface area contributed by atoms with Gasteiger partial charge in [0.05, 0.1) is 0 Å². The monoisotopic (exact) mass is 276 g/mol. The SMILES string of the molecule is C.C.C.CC(C)=C(C)C.CC(C)=O.CC(C)C(C)C. The third kappa shape index (κ3) is 75.3. The van der Waals surface area contributed by atoms with E-state index in [1.807, 2.05) is 0 Å². The Kier molecular flexibility index (Phi) is 43.1. The van der Waals surface area contributed by atoms with E-state index in [0.717, 1.165) is 11.8 Å². The van der Waals surface area contributed by atoms with Gasteiger partial charge in [0.2, 0.25) is 0 Å². The van der Waals surface area contributed by atoms with Crippen LogP contribution in [0.4, 0.5) is 0 Å². The Morgan fingerprint density at radius 1 is 0.579 bits per heavy atom. The minimum absolute atomic E-state index is 0. The molecule has 0 heterocycles. The number of hydrogen-bond acceptors (Lipinski definition) is 1. The molecule has 0 saturated heterocycles. The molecule has 19 heavy (non-hydrogen) atoms. The summed E-state index contributed by atoms with van der Waals surface area (Å²) in [7, 11) is 0. The van der Waals surface area contributed by atoms with Crippen molar-refractivity contribution in [2.75, 3.05) is 0 Å². The first kappa shape index (κ1) is 36.2. The van der Waals surface area contributed by atoms with Gasteiger partial charge in [-0.2, -0.15) is 0 Å². The molecule has 1 nitrogen and oxygen atoms in total. The van der Waals surface area contributed by atoms with Crippen LogP contribution in [0.2, 0.25) is 0 Å². The van der Waals surface area contributed by atoms with Crippen LogP contribution in [0.15, 0.2) is 11.1 Å². The summed E-state index contributed by atoms with van der Waals surface area (Å²) in [6.45, 7) is 20.5. The lowest BCUT2D eigenvalue weighted by Crippen LogP contribution is -1.95. The van der Waals surface area contributed by atoms with Crippen molar-refractivity contribution in [1.29, 1.82) is 0 Å². The van der Waals surface area contributed by atoms with E-state index in [4.69, 9.17) is 0 Å². The summed E-state index contributed by atoms with van der Waals surface area (Å²) >= 11 is 0. The van der Waals surface area contributed by atoms with E-state index in [1.165, 1.54) is 25.0 Å². The molecule has 0 rings (SSSR count). The van der Waals surface area contributed by atoms with Gasteiger partial charge in [0, 0.05) is 0 Å². The number of carbonyl (C=O) groups is 1. The fourth-order valence-electron chi connectivity index (χ4n) is 0. The summed E-state index contributed by atoms with van der Waals surface area (Å²) in [6.07, 6.45) is 0. The molecule has 0 aliphatic heterocycles. The third-order valence-corrected chi connectivity index (χ3v) is 2.33. The van der Waals surface area contributed by atoms with Gasteiger partial charge in [-0.3, -0.25) is 0 Å². The van der Waals surface area contributed by atoms with Gasteiger partial charge in [-0.25, -0.2) is 0 Å². The maximum Gasteiger partial charge on any atom is 0.126 e. The zero-order chi connectivity index (χ0) is 13.9. The van der Waals surface area contributed by atoms with Crippen LogP contribution in [0, 0.1) is 11.8 Å². The van der Waals surface area contributed by atoms with Gasteiger partial charge < -0.3 is 4.79 Å². The molecule has 0 aromatic rings. The van der Waals surface area contributed by atoms with Crippen LogP contribution in [0.3, 0.4) is 0 Å².